The number of benzene rings is 1. The summed E-state index contributed by atoms with van der Waals surface area (Å²) in [7, 11) is 1.52. The topological polar surface area (TPSA) is 67.8 Å². The third-order valence-corrected chi connectivity index (χ3v) is 5.04. The van der Waals surface area contributed by atoms with Gasteiger partial charge in [-0.15, -0.1) is 11.3 Å². The Hall–Kier alpha value is -2.42. The zero-order valence-electron chi connectivity index (χ0n) is 17.0. The van der Waals surface area contributed by atoms with Gasteiger partial charge < -0.3 is 20.1 Å². The van der Waals surface area contributed by atoms with Crippen LogP contribution in [0.2, 0.25) is 0 Å². The number of aliphatic imine (C=N–C) groups is 1. The van der Waals surface area contributed by atoms with E-state index in [1.54, 1.807) is 23.5 Å². The number of unbranched alkanes of at least 4 members (excludes halogenated alkanes) is 1. The fourth-order valence-electron chi connectivity index (χ4n) is 2.65. The molecule has 2 aromatic rings. The molecule has 0 aliphatic heterocycles. The molecule has 0 aliphatic carbocycles. The minimum atomic E-state index is -2.89. The Morgan fingerprint density at radius 3 is 2.76 bits per heavy atom. The first-order chi connectivity index (χ1) is 14.0. The second-order valence-electron chi connectivity index (χ2n) is 6.31. The van der Waals surface area contributed by atoms with Crippen molar-refractivity contribution in [2.24, 2.45) is 4.99 Å². The molecular weight excluding hydrogens is 398 g/mol. The minimum Gasteiger partial charge on any atom is -0.497 e. The number of nitrogens with one attached hydrogen (secondary N) is 2. The van der Waals surface area contributed by atoms with Crippen molar-refractivity contribution >= 4 is 17.3 Å². The van der Waals surface area contributed by atoms with E-state index in [0.29, 0.717) is 23.8 Å². The summed E-state index contributed by atoms with van der Waals surface area (Å²) in [6.45, 7) is 2.73. The van der Waals surface area contributed by atoms with Crippen LogP contribution in [0.25, 0.3) is 0 Å². The van der Waals surface area contributed by atoms with Gasteiger partial charge in [0.1, 0.15) is 11.5 Å². The molecule has 0 radical (unpaired) electrons. The number of hydrogen-bond acceptors (Lipinski definition) is 5. The van der Waals surface area contributed by atoms with Gasteiger partial charge in [0.05, 0.1) is 18.7 Å². The van der Waals surface area contributed by atoms with Gasteiger partial charge in [-0.25, -0.2) is 9.98 Å². The molecule has 0 saturated heterocycles. The molecule has 0 saturated carbocycles. The number of halogens is 2. The molecule has 0 unspecified atom stereocenters. The van der Waals surface area contributed by atoms with Crippen LogP contribution < -0.4 is 20.1 Å². The second kappa shape index (κ2) is 12.2. The third kappa shape index (κ3) is 8.23. The highest BCUT2D eigenvalue weighted by atomic mass is 32.1. The van der Waals surface area contributed by atoms with Crippen LogP contribution in [0.1, 0.15) is 36.0 Å². The van der Waals surface area contributed by atoms with Crippen LogP contribution in [0.3, 0.4) is 0 Å². The maximum absolute atomic E-state index is 12.6. The zero-order valence-corrected chi connectivity index (χ0v) is 17.8. The van der Waals surface area contributed by atoms with Gasteiger partial charge in [0.15, 0.2) is 5.96 Å². The van der Waals surface area contributed by atoms with Crippen LogP contribution in [-0.2, 0) is 13.0 Å². The van der Waals surface area contributed by atoms with Crippen molar-refractivity contribution in [3.8, 4) is 11.5 Å². The van der Waals surface area contributed by atoms with Crippen LogP contribution in [-0.4, -0.2) is 37.8 Å². The highest BCUT2D eigenvalue weighted by Gasteiger charge is 2.11. The smallest absolute Gasteiger partial charge is 0.387 e. The van der Waals surface area contributed by atoms with Crippen molar-refractivity contribution in [2.75, 3.05) is 20.2 Å². The number of ether oxygens (including phenoxy) is 2. The number of nitrogens with zero attached hydrogens (tertiary/aromatic N) is 2. The molecule has 0 fully saturated rings. The van der Waals surface area contributed by atoms with Crippen molar-refractivity contribution in [3.63, 3.8) is 0 Å². The number of rotatable bonds is 11. The van der Waals surface area contributed by atoms with E-state index >= 15 is 0 Å². The normalized spacial score (nSPS) is 11.6. The molecule has 2 N–H and O–H groups in total. The number of guanidine groups is 1. The Morgan fingerprint density at radius 2 is 2.10 bits per heavy atom. The Morgan fingerprint density at radius 1 is 1.28 bits per heavy atom. The molecule has 0 atom stereocenters. The molecule has 0 amide bonds. The Kier molecular flexibility index (Phi) is 9.63. The first kappa shape index (κ1) is 22.9. The second-order valence-corrected chi connectivity index (χ2v) is 7.26. The first-order valence-electron chi connectivity index (χ1n) is 9.56. The molecular formula is C20H28F2N4O2S. The summed E-state index contributed by atoms with van der Waals surface area (Å²) in [5.74, 6) is 1.29. The summed E-state index contributed by atoms with van der Waals surface area (Å²) < 4.78 is 35.1. The Bertz CT molecular complexity index is 784. The molecule has 1 heterocycles. The SMILES string of the molecule is CCNC(=NCc1cc(OC)ccc1OC(F)F)NCCCCc1nc(C)cs1. The van der Waals surface area contributed by atoms with Crippen LogP contribution in [0.15, 0.2) is 28.6 Å². The standard InChI is InChI=1S/C20H28F2N4O2S/c1-4-23-20(24-10-6-5-7-18-26-14(2)13-29-18)25-12-15-11-16(27-3)8-9-17(15)28-19(21)22/h8-9,11,13,19H,4-7,10,12H2,1-3H3,(H2,23,24,25). The molecule has 0 aliphatic rings. The molecule has 160 valence electrons. The van der Waals surface area contributed by atoms with Crippen LogP contribution in [0.4, 0.5) is 8.78 Å². The molecule has 9 heteroatoms. The van der Waals surface area contributed by atoms with Gasteiger partial charge >= 0.3 is 6.61 Å². The average molecular weight is 427 g/mol. The summed E-state index contributed by atoms with van der Waals surface area (Å²) in [6, 6.07) is 4.70. The number of thiazole rings is 1. The molecule has 6 nitrogen and oxygen atoms in total. The lowest BCUT2D eigenvalue weighted by Gasteiger charge is -2.13. The summed E-state index contributed by atoms with van der Waals surface area (Å²) >= 11 is 1.69. The predicted molar refractivity (Wildman–Crippen MR) is 112 cm³/mol. The predicted octanol–water partition coefficient (Wildman–Crippen LogP) is 4.14. The van der Waals surface area contributed by atoms with Crippen molar-refractivity contribution in [3.05, 3.63) is 39.8 Å². The van der Waals surface area contributed by atoms with E-state index in [1.807, 2.05) is 13.8 Å². The lowest BCUT2D eigenvalue weighted by molar-refractivity contribution is -0.0504. The number of alkyl halides is 2. The van der Waals surface area contributed by atoms with Gasteiger partial charge in [-0.2, -0.15) is 8.78 Å². The van der Waals surface area contributed by atoms with Crippen molar-refractivity contribution in [1.29, 1.82) is 0 Å². The van der Waals surface area contributed by atoms with E-state index < -0.39 is 6.61 Å². The van der Waals surface area contributed by atoms with E-state index in [9.17, 15) is 8.78 Å². The fraction of sp³-hybridized carbons (Fsp3) is 0.500. The zero-order chi connectivity index (χ0) is 21.1. The monoisotopic (exact) mass is 426 g/mol. The number of aryl methyl sites for hydroxylation is 2. The van der Waals surface area contributed by atoms with E-state index in [0.717, 1.165) is 36.5 Å². The first-order valence-corrected chi connectivity index (χ1v) is 10.4. The Balaban J connectivity index is 1.90. The molecule has 1 aromatic heterocycles. The third-order valence-electron chi connectivity index (χ3n) is 4.01. The van der Waals surface area contributed by atoms with Crippen LogP contribution in [0.5, 0.6) is 11.5 Å². The quantitative estimate of drug-likeness (QED) is 0.321. The summed E-state index contributed by atoms with van der Waals surface area (Å²) in [5, 5.41) is 9.66. The van der Waals surface area contributed by atoms with Gasteiger partial charge in [0, 0.05) is 29.7 Å². The summed E-state index contributed by atoms with van der Waals surface area (Å²) in [6.07, 6.45) is 2.97. The molecule has 2 rings (SSSR count). The van der Waals surface area contributed by atoms with Crippen molar-refractivity contribution in [2.45, 2.75) is 46.3 Å². The lowest BCUT2D eigenvalue weighted by atomic mass is 10.2. The fourth-order valence-corrected chi connectivity index (χ4v) is 3.47. The van der Waals surface area contributed by atoms with Gasteiger partial charge in [-0.05, 0) is 51.3 Å². The van der Waals surface area contributed by atoms with Crippen LogP contribution >= 0.6 is 11.3 Å². The molecule has 1 aromatic carbocycles. The van der Waals surface area contributed by atoms with Gasteiger partial charge in [-0.3, -0.25) is 0 Å². The van der Waals surface area contributed by atoms with E-state index in [-0.39, 0.29) is 12.3 Å². The maximum atomic E-state index is 12.6. The van der Waals surface area contributed by atoms with Gasteiger partial charge in [0.2, 0.25) is 0 Å². The van der Waals surface area contributed by atoms with Crippen LogP contribution in [0, 0.1) is 6.92 Å². The highest BCUT2D eigenvalue weighted by Crippen LogP contribution is 2.26. The largest absolute Gasteiger partial charge is 0.497 e. The summed E-state index contributed by atoms with van der Waals surface area (Å²) in [4.78, 5) is 8.96. The molecule has 0 spiro atoms. The van der Waals surface area contributed by atoms with E-state index in [2.05, 4.69) is 30.7 Å². The van der Waals surface area contributed by atoms with E-state index in [4.69, 9.17) is 4.74 Å². The maximum Gasteiger partial charge on any atom is 0.387 e. The summed E-state index contributed by atoms with van der Waals surface area (Å²) in [5.41, 5.74) is 1.60. The van der Waals surface area contributed by atoms with E-state index in [1.165, 1.54) is 13.2 Å². The van der Waals surface area contributed by atoms with Crippen molar-refractivity contribution < 1.29 is 18.3 Å². The van der Waals surface area contributed by atoms with Gasteiger partial charge in [-0.1, -0.05) is 0 Å². The molecule has 0 bridgehead atoms. The average Bonchev–Trinajstić information content (AvgIpc) is 3.11. The number of hydrogen-bond donors (Lipinski definition) is 2. The number of methoxy groups -OCH3 is 1. The van der Waals surface area contributed by atoms with Gasteiger partial charge in [0.25, 0.3) is 0 Å². The minimum absolute atomic E-state index is 0.0964. The Labute approximate surface area is 174 Å². The highest BCUT2D eigenvalue weighted by molar-refractivity contribution is 7.09. The number of aromatic nitrogens is 1. The lowest BCUT2D eigenvalue weighted by Crippen LogP contribution is -2.37. The molecule has 29 heavy (non-hydrogen) atoms. The van der Waals surface area contributed by atoms with Crippen molar-refractivity contribution in [1.82, 2.24) is 15.6 Å².